The monoisotopic (exact) mass is 270 g/mol. The van der Waals surface area contributed by atoms with E-state index in [2.05, 4.69) is 20.8 Å². The van der Waals surface area contributed by atoms with Crippen molar-refractivity contribution in [3.8, 4) is 0 Å². The van der Waals surface area contributed by atoms with Gasteiger partial charge in [-0.15, -0.1) is 0 Å². The van der Waals surface area contributed by atoms with Gasteiger partial charge in [-0.1, -0.05) is 41.0 Å². The lowest BCUT2D eigenvalue weighted by Crippen LogP contribution is -2.58. The van der Waals surface area contributed by atoms with Crippen molar-refractivity contribution in [1.29, 1.82) is 0 Å². The van der Waals surface area contributed by atoms with Crippen LogP contribution in [0.3, 0.4) is 0 Å². The van der Waals surface area contributed by atoms with Crippen LogP contribution in [0.2, 0.25) is 0 Å². The lowest BCUT2D eigenvalue weighted by Gasteiger charge is -2.60. The van der Waals surface area contributed by atoms with Crippen LogP contribution in [0.25, 0.3) is 0 Å². The van der Waals surface area contributed by atoms with Crippen LogP contribution in [0.15, 0.2) is 0 Å². The summed E-state index contributed by atoms with van der Waals surface area (Å²) in [4.78, 5) is 0. The van der Waals surface area contributed by atoms with Crippen LogP contribution in [0.4, 0.5) is 0 Å². The van der Waals surface area contributed by atoms with Crippen LogP contribution in [0.1, 0.15) is 73.6 Å². The Hall–Kier alpha value is -0.0800. The topological polar surface area (TPSA) is 40.5 Å². The fourth-order valence-corrected chi connectivity index (χ4v) is 5.03. The maximum Gasteiger partial charge on any atom is 0.0675 e. The van der Waals surface area contributed by atoms with Crippen LogP contribution < -0.4 is 0 Å². The van der Waals surface area contributed by atoms with E-state index < -0.39 is 5.60 Å². The standard InChI is InChI=1S/C15H28O2.C2H6/c1-13(2)7-5-8-14(3)11(13)6-9-15(4,17)12(14)10-16;1-2/h11-12,16-17H,5-10H2,1-4H3;1-2H3/t11?,12?,14?,15-;/m1./s1. The van der Waals surface area contributed by atoms with Crippen LogP contribution in [0, 0.1) is 22.7 Å². The van der Waals surface area contributed by atoms with Crippen LogP contribution >= 0.6 is 0 Å². The van der Waals surface area contributed by atoms with E-state index in [1.54, 1.807) is 0 Å². The average molecular weight is 270 g/mol. The molecule has 0 heterocycles. The summed E-state index contributed by atoms with van der Waals surface area (Å²) in [5.41, 5.74) is -0.220. The van der Waals surface area contributed by atoms with Crippen molar-refractivity contribution in [2.45, 2.75) is 79.2 Å². The number of aliphatic hydroxyl groups excluding tert-OH is 1. The Kier molecular flexibility index (Phi) is 5.12. The Morgan fingerprint density at radius 1 is 1.00 bits per heavy atom. The molecule has 0 saturated heterocycles. The first-order chi connectivity index (χ1) is 8.74. The van der Waals surface area contributed by atoms with Crippen molar-refractivity contribution in [2.75, 3.05) is 6.61 Å². The van der Waals surface area contributed by atoms with Gasteiger partial charge >= 0.3 is 0 Å². The molecule has 0 amide bonds. The minimum absolute atomic E-state index is 0.0355. The minimum atomic E-state index is -0.687. The lowest BCUT2D eigenvalue weighted by molar-refractivity contribution is -0.178. The van der Waals surface area contributed by atoms with E-state index in [4.69, 9.17) is 0 Å². The summed E-state index contributed by atoms with van der Waals surface area (Å²) in [7, 11) is 0. The second-order valence-electron chi connectivity index (χ2n) is 7.53. The largest absolute Gasteiger partial charge is 0.396 e. The van der Waals surface area contributed by atoms with Gasteiger partial charge in [-0.3, -0.25) is 0 Å². The number of hydrogen-bond donors (Lipinski definition) is 2. The third kappa shape index (κ3) is 2.85. The van der Waals surface area contributed by atoms with E-state index in [1.807, 2.05) is 20.8 Å². The molecule has 0 aromatic heterocycles. The van der Waals surface area contributed by atoms with E-state index in [0.717, 1.165) is 19.3 Å². The summed E-state index contributed by atoms with van der Waals surface area (Å²) in [6.45, 7) is 13.1. The molecule has 2 saturated carbocycles. The molecule has 2 rings (SSSR count). The van der Waals surface area contributed by atoms with Gasteiger partial charge in [0.15, 0.2) is 0 Å². The van der Waals surface area contributed by atoms with E-state index in [-0.39, 0.29) is 17.9 Å². The van der Waals surface area contributed by atoms with E-state index >= 15 is 0 Å². The number of fused-ring (bicyclic) bond motifs is 1. The zero-order valence-corrected chi connectivity index (χ0v) is 13.8. The number of aliphatic hydroxyl groups is 2. The Morgan fingerprint density at radius 2 is 1.58 bits per heavy atom. The second kappa shape index (κ2) is 5.73. The van der Waals surface area contributed by atoms with Crippen molar-refractivity contribution in [1.82, 2.24) is 0 Å². The zero-order valence-electron chi connectivity index (χ0n) is 13.8. The Morgan fingerprint density at radius 3 is 2.11 bits per heavy atom. The first kappa shape index (κ1) is 17.0. The molecule has 2 heteroatoms. The van der Waals surface area contributed by atoms with Crippen LogP contribution in [0.5, 0.6) is 0 Å². The number of hydrogen-bond acceptors (Lipinski definition) is 2. The van der Waals surface area contributed by atoms with E-state index in [0.29, 0.717) is 11.3 Å². The molecule has 2 aliphatic carbocycles. The molecule has 0 radical (unpaired) electrons. The maximum atomic E-state index is 10.5. The van der Waals surface area contributed by atoms with E-state index in [1.165, 1.54) is 12.8 Å². The SMILES string of the molecule is CC.CC1(C)CCCC2(C)C1CC[C@@](C)(O)C2CO. The first-order valence-corrected chi connectivity index (χ1v) is 8.07. The molecule has 2 nitrogen and oxygen atoms in total. The molecule has 2 aliphatic rings. The average Bonchev–Trinajstić information content (AvgIpc) is 2.29. The highest BCUT2D eigenvalue weighted by atomic mass is 16.3. The Labute approximate surface area is 119 Å². The van der Waals surface area contributed by atoms with Gasteiger partial charge in [0.1, 0.15) is 0 Å². The fraction of sp³-hybridized carbons (Fsp3) is 1.00. The Balaban J connectivity index is 0.000000861. The highest BCUT2D eigenvalue weighted by Gasteiger charge is 2.57. The predicted octanol–water partition coefficient (Wildman–Crippen LogP) is 4.00. The fourth-order valence-electron chi connectivity index (χ4n) is 5.03. The third-order valence-electron chi connectivity index (χ3n) is 5.94. The summed E-state index contributed by atoms with van der Waals surface area (Å²) in [6, 6.07) is 0. The van der Waals surface area contributed by atoms with Crippen LogP contribution in [-0.4, -0.2) is 22.4 Å². The van der Waals surface area contributed by atoms with Crippen molar-refractivity contribution >= 4 is 0 Å². The minimum Gasteiger partial charge on any atom is -0.396 e. The highest BCUT2D eigenvalue weighted by molar-refractivity contribution is 5.07. The molecule has 4 atom stereocenters. The molecule has 0 aliphatic heterocycles. The third-order valence-corrected chi connectivity index (χ3v) is 5.94. The smallest absolute Gasteiger partial charge is 0.0675 e. The lowest BCUT2D eigenvalue weighted by atomic mass is 9.46. The summed E-state index contributed by atoms with van der Waals surface area (Å²) in [6.07, 6.45) is 5.61. The Bertz CT molecular complexity index is 284. The molecular formula is C17H34O2. The van der Waals surface area contributed by atoms with Gasteiger partial charge in [-0.05, 0) is 49.4 Å². The van der Waals surface area contributed by atoms with Gasteiger partial charge in [-0.25, -0.2) is 0 Å². The van der Waals surface area contributed by atoms with Crippen LogP contribution in [-0.2, 0) is 0 Å². The summed E-state index contributed by atoms with van der Waals surface area (Å²) >= 11 is 0. The van der Waals surface area contributed by atoms with Gasteiger partial charge < -0.3 is 10.2 Å². The summed E-state index contributed by atoms with van der Waals surface area (Å²) in [5.74, 6) is 0.675. The van der Waals surface area contributed by atoms with Crippen molar-refractivity contribution in [3.05, 3.63) is 0 Å². The van der Waals surface area contributed by atoms with Gasteiger partial charge in [0, 0.05) is 12.5 Å². The highest BCUT2D eigenvalue weighted by Crippen LogP contribution is 2.61. The molecule has 19 heavy (non-hydrogen) atoms. The summed E-state index contributed by atoms with van der Waals surface area (Å²) in [5, 5.41) is 20.3. The van der Waals surface area contributed by atoms with Crippen molar-refractivity contribution in [2.24, 2.45) is 22.7 Å². The van der Waals surface area contributed by atoms with Gasteiger partial charge in [0.25, 0.3) is 0 Å². The molecule has 0 bridgehead atoms. The predicted molar refractivity (Wildman–Crippen MR) is 81.0 cm³/mol. The summed E-state index contributed by atoms with van der Waals surface area (Å²) < 4.78 is 0. The van der Waals surface area contributed by atoms with Gasteiger partial charge in [0.05, 0.1) is 5.60 Å². The van der Waals surface area contributed by atoms with E-state index in [9.17, 15) is 10.2 Å². The van der Waals surface area contributed by atoms with Crippen molar-refractivity contribution in [3.63, 3.8) is 0 Å². The van der Waals surface area contributed by atoms with Gasteiger partial charge in [-0.2, -0.15) is 0 Å². The second-order valence-corrected chi connectivity index (χ2v) is 7.53. The number of rotatable bonds is 1. The molecule has 0 aromatic rings. The molecular weight excluding hydrogens is 236 g/mol. The molecule has 2 fully saturated rings. The first-order valence-electron chi connectivity index (χ1n) is 8.07. The molecule has 2 N–H and O–H groups in total. The maximum absolute atomic E-state index is 10.5. The van der Waals surface area contributed by atoms with Gasteiger partial charge in [0.2, 0.25) is 0 Å². The zero-order chi connectivity index (χ0) is 14.9. The quantitative estimate of drug-likeness (QED) is 0.756. The molecule has 3 unspecified atom stereocenters. The molecule has 0 spiro atoms. The normalized spacial score (nSPS) is 44.8. The molecule has 114 valence electrons. The van der Waals surface area contributed by atoms with Crippen molar-refractivity contribution < 1.29 is 10.2 Å². The molecule has 0 aromatic carbocycles.